The van der Waals surface area contributed by atoms with E-state index in [4.69, 9.17) is 15.9 Å². The summed E-state index contributed by atoms with van der Waals surface area (Å²) in [6, 6.07) is 4.24. The average molecular weight is 338 g/mol. The van der Waals surface area contributed by atoms with Crippen molar-refractivity contribution >= 4 is 5.57 Å². The molecule has 0 saturated carbocycles. The summed E-state index contributed by atoms with van der Waals surface area (Å²) in [5, 5.41) is 0. The smallest absolute Gasteiger partial charge is 0.0996 e. The number of hydrogen-bond donors (Lipinski definition) is 0. The number of terminal acetylenes is 1. The van der Waals surface area contributed by atoms with Crippen LogP contribution in [0.25, 0.3) is 5.57 Å². The van der Waals surface area contributed by atoms with Crippen molar-refractivity contribution in [3.05, 3.63) is 40.1 Å². The van der Waals surface area contributed by atoms with Gasteiger partial charge in [-0.3, -0.25) is 0 Å². The highest BCUT2D eigenvalue weighted by Crippen LogP contribution is 2.41. The predicted octanol–water partition coefficient (Wildman–Crippen LogP) is 5.26. The summed E-state index contributed by atoms with van der Waals surface area (Å²) >= 11 is 0. The molecular weight excluding hydrogens is 308 g/mol. The lowest BCUT2D eigenvalue weighted by atomic mass is 9.77. The van der Waals surface area contributed by atoms with Crippen LogP contribution in [0.2, 0.25) is 0 Å². The van der Waals surface area contributed by atoms with Crippen LogP contribution in [0, 0.1) is 38.0 Å². The molecule has 2 heteroatoms. The van der Waals surface area contributed by atoms with Crippen LogP contribution in [0.1, 0.15) is 60.8 Å². The van der Waals surface area contributed by atoms with Crippen LogP contribution in [-0.2, 0) is 9.47 Å². The normalized spacial score (nSPS) is 21.9. The fraction of sp³-hybridized carbons (Fsp3) is 0.565. The lowest BCUT2D eigenvalue weighted by Gasteiger charge is -2.31. The van der Waals surface area contributed by atoms with Crippen LogP contribution in [0.5, 0.6) is 0 Å². The molecule has 1 aromatic carbocycles. The molecule has 1 aliphatic carbocycles. The summed E-state index contributed by atoms with van der Waals surface area (Å²) in [6.45, 7) is 6.21. The summed E-state index contributed by atoms with van der Waals surface area (Å²) in [7, 11) is 1.83. The van der Waals surface area contributed by atoms with Crippen LogP contribution < -0.4 is 0 Å². The second-order valence-corrected chi connectivity index (χ2v) is 7.64. The monoisotopic (exact) mass is 338 g/mol. The van der Waals surface area contributed by atoms with Gasteiger partial charge in [-0.05, 0) is 92.2 Å². The molecule has 0 amide bonds. The quantitative estimate of drug-likeness (QED) is 0.697. The van der Waals surface area contributed by atoms with Crippen molar-refractivity contribution in [2.24, 2.45) is 11.8 Å². The number of benzene rings is 1. The molecule has 134 valence electrons. The summed E-state index contributed by atoms with van der Waals surface area (Å²) < 4.78 is 11.4. The highest BCUT2D eigenvalue weighted by molar-refractivity contribution is 5.74. The number of rotatable bonds is 4. The molecule has 2 aliphatic rings. The van der Waals surface area contributed by atoms with E-state index in [9.17, 15) is 0 Å². The van der Waals surface area contributed by atoms with E-state index in [1.165, 1.54) is 53.7 Å². The molecule has 1 fully saturated rings. The first-order valence-corrected chi connectivity index (χ1v) is 9.54. The molecule has 1 heterocycles. The standard InChI is InChI=1S/C23H30O2/c1-5-18-12-16(2)23(17(3)13-18)21-7-6-20(15-22(21)24-4)14-19-8-10-25-11-9-19/h1,12-13,19-20H,6-11,14-15H2,2-4H3. The minimum absolute atomic E-state index is 0.743. The van der Waals surface area contributed by atoms with Gasteiger partial charge in [0, 0.05) is 25.2 Å². The first-order chi connectivity index (χ1) is 12.1. The largest absolute Gasteiger partial charge is 0.501 e. The van der Waals surface area contributed by atoms with Crippen molar-refractivity contribution in [2.45, 2.75) is 52.4 Å². The lowest BCUT2D eigenvalue weighted by molar-refractivity contribution is 0.0569. The number of methoxy groups -OCH3 is 1. The van der Waals surface area contributed by atoms with Gasteiger partial charge in [-0.2, -0.15) is 0 Å². The maximum absolute atomic E-state index is 5.86. The van der Waals surface area contributed by atoms with Crippen molar-refractivity contribution in [1.82, 2.24) is 0 Å². The Kier molecular flexibility index (Phi) is 5.86. The zero-order chi connectivity index (χ0) is 17.8. The lowest BCUT2D eigenvalue weighted by Crippen LogP contribution is -2.21. The average Bonchev–Trinajstić information content (AvgIpc) is 2.62. The predicted molar refractivity (Wildman–Crippen MR) is 103 cm³/mol. The zero-order valence-electron chi connectivity index (χ0n) is 15.9. The molecule has 3 rings (SSSR count). The minimum Gasteiger partial charge on any atom is -0.501 e. The molecule has 1 saturated heterocycles. The third-order valence-corrected chi connectivity index (χ3v) is 5.87. The SMILES string of the molecule is C#Cc1cc(C)c(C2=C(OC)CC(CC3CCOCC3)CC2)c(C)c1. The van der Waals surface area contributed by atoms with Gasteiger partial charge in [0.2, 0.25) is 0 Å². The van der Waals surface area contributed by atoms with Gasteiger partial charge in [-0.25, -0.2) is 0 Å². The highest BCUT2D eigenvalue weighted by atomic mass is 16.5. The van der Waals surface area contributed by atoms with E-state index in [0.717, 1.165) is 43.5 Å². The van der Waals surface area contributed by atoms with Crippen molar-refractivity contribution in [3.63, 3.8) is 0 Å². The molecule has 1 aromatic rings. The molecule has 1 unspecified atom stereocenters. The molecule has 0 bridgehead atoms. The van der Waals surface area contributed by atoms with Crippen molar-refractivity contribution in [1.29, 1.82) is 0 Å². The third-order valence-electron chi connectivity index (χ3n) is 5.87. The Morgan fingerprint density at radius 2 is 1.80 bits per heavy atom. The molecule has 2 nitrogen and oxygen atoms in total. The van der Waals surface area contributed by atoms with Gasteiger partial charge in [0.1, 0.15) is 0 Å². The van der Waals surface area contributed by atoms with Gasteiger partial charge >= 0.3 is 0 Å². The highest BCUT2D eigenvalue weighted by Gasteiger charge is 2.27. The Morgan fingerprint density at radius 1 is 1.12 bits per heavy atom. The van der Waals surface area contributed by atoms with Crippen molar-refractivity contribution < 1.29 is 9.47 Å². The van der Waals surface area contributed by atoms with Crippen molar-refractivity contribution in [2.75, 3.05) is 20.3 Å². The van der Waals surface area contributed by atoms with Gasteiger partial charge in [0.15, 0.2) is 0 Å². The molecule has 0 radical (unpaired) electrons. The fourth-order valence-electron chi connectivity index (χ4n) is 4.62. The number of allylic oxidation sites excluding steroid dienone is 2. The Labute approximate surface area is 152 Å². The van der Waals surface area contributed by atoms with Crippen LogP contribution in [-0.4, -0.2) is 20.3 Å². The van der Waals surface area contributed by atoms with Crippen LogP contribution in [0.3, 0.4) is 0 Å². The molecular formula is C23H30O2. The van der Waals surface area contributed by atoms with E-state index >= 15 is 0 Å². The maximum atomic E-state index is 5.86. The second-order valence-electron chi connectivity index (χ2n) is 7.64. The van der Waals surface area contributed by atoms with Gasteiger partial charge in [-0.15, -0.1) is 6.42 Å². The van der Waals surface area contributed by atoms with Crippen molar-refractivity contribution in [3.8, 4) is 12.3 Å². The van der Waals surface area contributed by atoms with Gasteiger partial charge in [0.25, 0.3) is 0 Å². The molecule has 0 N–H and O–H groups in total. The van der Waals surface area contributed by atoms with Gasteiger partial charge in [0.05, 0.1) is 12.9 Å². The first kappa shape index (κ1) is 18.1. The Morgan fingerprint density at radius 3 is 2.40 bits per heavy atom. The van der Waals surface area contributed by atoms with E-state index in [-0.39, 0.29) is 0 Å². The van der Waals surface area contributed by atoms with E-state index in [1.54, 1.807) is 0 Å². The number of aryl methyl sites for hydroxylation is 2. The summed E-state index contributed by atoms with van der Waals surface area (Å²) in [5.74, 6) is 5.52. The Bertz CT molecular complexity index is 664. The minimum atomic E-state index is 0.743. The van der Waals surface area contributed by atoms with E-state index in [2.05, 4.69) is 31.9 Å². The van der Waals surface area contributed by atoms with E-state index < -0.39 is 0 Å². The van der Waals surface area contributed by atoms with Crippen LogP contribution in [0.15, 0.2) is 17.9 Å². The molecule has 1 atom stereocenters. The zero-order valence-corrected chi connectivity index (χ0v) is 15.9. The third kappa shape index (κ3) is 4.10. The Balaban J connectivity index is 1.81. The number of ether oxygens (including phenoxy) is 2. The van der Waals surface area contributed by atoms with E-state index in [0.29, 0.717) is 0 Å². The topological polar surface area (TPSA) is 18.5 Å². The fourth-order valence-corrected chi connectivity index (χ4v) is 4.62. The van der Waals surface area contributed by atoms with E-state index in [1.807, 2.05) is 7.11 Å². The molecule has 0 aromatic heterocycles. The first-order valence-electron chi connectivity index (χ1n) is 9.54. The maximum Gasteiger partial charge on any atom is 0.0996 e. The molecule has 1 aliphatic heterocycles. The van der Waals surface area contributed by atoms with Crippen LogP contribution >= 0.6 is 0 Å². The summed E-state index contributed by atoms with van der Waals surface area (Å²) in [5.41, 5.74) is 6.23. The molecule has 25 heavy (non-hydrogen) atoms. The summed E-state index contributed by atoms with van der Waals surface area (Å²) in [4.78, 5) is 0. The van der Waals surface area contributed by atoms with Crippen LogP contribution in [0.4, 0.5) is 0 Å². The Hall–Kier alpha value is -1.72. The van der Waals surface area contributed by atoms with Gasteiger partial charge in [-0.1, -0.05) is 5.92 Å². The summed E-state index contributed by atoms with van der Waals surface area (Å²) in [6.07, 6.45) is 12.8. The van der Waals surface area contributed by atoms with Gasteiger partial charge < -0.3 is 9.47 Å². The second kappa shape index (κ2) is 8.11. The number of hydrogen-bond acceptors (Lipinski definition) is 2. The molecule has 0 spiro atoms.